The lowest BCUT2D eigenvalue weighted by Crippen LogP contribution is -2.37. The third-order valence-corrected chi connectivity index (χ3v) is 2.92. The molecule has 0 aromatic heterocycles. The zero-order valence-corrected chi connectivity index (χ0v) is 11.4. The first-order chi connectivity index (χ1) is 8.95. The van der Waals surface area contributed by atoms with Gasteiger partial charge in [0.05, 0.1) is 19.2 Å². The number of nitriles is 1. The smallest absolute Gasteiger partial charge is 0.333 e. The Kier molecular flexibility index (Phi) is 5.31. The minimum atomic E-state index is -0.418. The molecule has 1 aliphatic rings. The van der Waals surface area contributed by atoms with E-state index in [1.807, 2.05) is 6.92 Å². The molecule has 0 saturated carbocycles. The van der Waals surface area contributed by atoms with Gasteiger partial charge in [0.25, 0.3) is 0 Å². The molecule has 5 heteroatoms. The lowest BCUT2D eigenvalue weighted by Gasteiger charge is -2.27. The molecule has 5 nitrogen and oxygen atoms in total. The first-order valence-corrected chi connectivity index (χ1v) is 6.14. The van der Waals surface area contributed by atoms with Crippen molar-refractivity contribution in [2.45, 2.75) is 26.7 Å². The largest absolute Gasteiger partial charge is 0.462 e. The Balaban J connectivity index is 2.39. The van der Waals surface area contributed by atoms with Gasteiger partial charge < -0.3 is 9.64 Å². The predicted octanol–water partition coefficient (Wildman–Crippen LogP) is 1.57. The predicted molar refractivity (Wildman–Crippen MR) is 69.9 cm³/mol. The molecule has 0 fully saturated rings. The fourth-order valence-electron chi connectivity index (χ4n) is 1.74. The van der Waals surface area contributed by atoms with Crippen LogP contribution in [0.5, 0.6) is 0 Å². The Hall–Kier alpha value is -2.09. The molecule has 0 aliphatic carbocycles. The summed E-state index contributed by atoms with van der Waals surface area (Å²) in [6.07, 6.45) is 0.858. The van der Waals surface area contributed by atoms with Crippen molar-refractivity contribution >= 4 is 11.9 Å². The molecule has 1 amide bonds. The number of carbonyl (C=O) groups is 2. The number of hydrogen-bond donors (Lipinski definition) is 0. The molecule has 102 valence electrons. The number of carbonyl (C=O) groups excluding carboxylic acids is 2. The number of ether oxygens (including phenoxy) is 1. The molecule has 0 unspecified atom stereocenters. The normalized spacial score (nSPS) is 15.2. The standard InChI is InChI=1S/C14H18N2O3/c1-10(2)14(18)19-6-4-5-16-9-12(8-15)11(3)7-13(16)17/h1,4-7,9H2,2-3H3. The summed E-state index contributed by atoms with van der Waals surface area (Å²) in [5, 5.41) is 8.95. The number of esters is 1. The van der Waals surface area contributed by atoms with Gasteiger partial charge in [-0.05, 0) is 25.8 Å². The summed E-state index contributed by atoms with van der Waals surface area (Å²) in [5.74, 6) is -0.402. The van der Waals surface area contributed by atoms with Gasteiger partial charge in [-0.25, -0.2) is 4.79 Å². The zero-order chi connectivity index (χ0) is 14.4. The SMILES string of the molecule is C=C(C)C(=O)OCCCN1CC(C#N)=C(C)CC1=O. The Labute approximate surface area is 113 Å². The minimum Gasteiger partial charge on any atom is -0.462 e. The summed E-state index contributed by atoms with van der Waals surface area (Å²) in [7, 11) is 0. The van der Waals surface area contributed by atoms with Crippen LogP contribution in [0.25, 0.3) is 0 Å². The van der Waals surface area contributed by atoms with Gasteiger partial charge >= 0.3 is 5.97 Å². The molecule has 0 aromatic rings. The van der Waals surface area contributed by atoms with Gasteiger partial charge in [-0.2, -0.15) is 5.26 Å². The Morgan fingerprint density at radius 1 is 1.58 bits per heavy atom. The molecule has 0 radical (unpaired) electrons. The zero-order valence-electron chi connectivity index (χ0n) is 11.4. The molecule has 0 N–H and O–H groups in total. The van der Waals surface area contributed by atoms with Gasteiger partial charge in [-0.1, -0.05) is 6.58 Å². The van der Waals surface area contributed by atoms with Crippen LogP contribution in [0.15, 0.2) is 23.3 Å². The summed E-state index contributed by atoms with van der Waals surface area (Å²) in [4.78, 5) is 24.5. The van der Waals surface area contributed by atoms with E-state index in [1.54, 1.807) is 11.8 Å². The second kappa shape index (κ2) is 6.74. The second-order valence-electron chi connectivity index (χ2n) is 4.63. The maximum absolute atomic E-state index is 11.8. The third-order valence-electron chi connectivity index (χ3n) is 2.92. The van der Waals surface area contributed by atoms with E-state index < -0.39 is 5.97 Å². The van der Waals surface area contributed by atoms with E-state index in [1.165, 1.54) is 0 Å². The number of hydrogen-bond acceptors (Lipinski definition) is 4. The van der Waals surface area contributed by atoms with Gasteiger partial charge in [-0.15, -0.1) is 0 Å². The van der Waals surface area contributed by atoms with E-state index in [4.69, 9.17) is 10.00 Å². The van der Waals surface area contributed by atoms with Crippen LogP contribution >= 0.6 is 0 Å². The van der Waals surface area contributed by atoms with Crippen molar-refractivity contribution in [3.8, 4) is 6.07 Å². The first-order valence-electron chi connectivity index (χ1n) is 6.14. The number of amides is 1. The average Bonchev–Trinajstić information content (AvgIpc) is 2.36. The van der Waals surface area contributed by atoms with E-state index >= 15 is 0 Å². The van der Waals surface area contributed by atoms with Crippen molar-refractivity contribution < 1.29 is 14.3 Å². The van der Waals surface area contributed by atoms with Crippen molar-refractivity contribution in [2.75, 3.05) is 19.7 Å². The fourth-order valence-corrected chi connectivity index (χ4v) is 1.74. The van der Waals surface area contributed by atoms with Crippen molar-refractivity contribution in [2.24, 2.45) is 0 Å². The highest BCUT2D eigenvalue weighted by Crippen LogP contribution is 2.18. The van der Waals surface area contributed by atoms with Crippen LogP contribution in [0.2, 0.25) is 0 Å². The topological polar surface area (TPSA) is 70.4 Å². The van der Waals surface area contributed by atoms with E-state index in [-0.39, 0.29) is 12.5 Å². The monoisotopic (exact) mass is 262 g/mol. The molecule has 1 aliphatic heterocycles. The van der Waals surface area contributed by atoms with Gasteiger partial charge in [0.2, 0.25) is 5.91 Å². The highest BCUT2D eigenvalue weighted by molar-refractivity contribution is 5.86. The maximum Gasteiger partial charge on any atom is 0.333 e. The van der Waals surface area contributed by atoms with Crippen LogP contribution in [-0.2, 0) is 14.3 Å². The second-order valence-corrected chi connectivity index (χ2v) is 4.63. The lowest BCUT2D eigenvalue weighted by molar-refractivity contribution is -0.139. The Morgan fingerprint density at radius 2 is 2.26 bits per heavy atom. The van der Waals surface area contributed by atoms with Crippen LogP contribution in [0.3, 0.4) is 0 Å². The van der Waals surface area contributed by atoms with Crippen LogP contribution in [0.1, 0.15) is 26.7 Å². The van der Waals surface area contributed by atoms with Crippen LogP contribution in [-0.4, -0.2) is 36.5 Å². The van der Waals surface area contributed by atoms with Gasteiger partial charge in [-0.3, -0.25) is 4.79 Å². The molecule has 1 heterocycles. The lowest BCUT2D eigenvalue weighted by atomic mass is 10.0. The summed E-state index contributed by atoms with van der Waals surface area (Å²) >= 11 is 0. The number of nitrogens with zero attached hydrogens (tertiary/aromatic N) is 2. The molecule has 0 atom stereocenters. The third kappa shape index (κ3) is 4.25. The summed E-state index contributed by atoms with van der Waals surface area (Å²) in [6.45, 7) is 7.97. The van der Waals surface area contributed by atoms with E-state index in [0.717, 1.165) is 5.57 Å². The van der Waals surface area contributed by atoms with E-state index in [9.17, 15) is 9.59 Å². The molecular weight excluding hydrogens is 244 g/mol. The van der Waals surface area contributed by atoms with Crippen molar-refractivity contribution in [3.63, 3.8) is 0 Å². The Bertz CT molecular complexity index is 472. The molecule has 0 saturated heterocycles. The highest BCUT2D eigenvalue weighted by Gasteiger charge is 2.22. The summed E-state index contributed by atoms with van der Waals surface area (Å²) < 4.78 is 4.95. The van der Waals surface area contributed by atoms with Gasteiger partial charge in [0, 0.05) is 24.1 Å². The van der Waals surface area contributed by atoms with Crippen molar-refractivity contribution in [1.29, 1.82) is 5.26 Å². The number of rotatable bonds is 5. The van der Waals surface area contributed by atoms with Crippen molar-refractivity contribution in [1.82, 2.24) is 4.90 Å². The molecular formula is C14H18N2O3. The Morgan fingerprint density at radius 3 is 2.84 bits per heavy atom. The molecule has 0 bridgehead atoms. The van der Waals surface area contributed by atoms with Crippen LogP contribution in [0, 0.1) is 11.3 Å². The fraction of sp³-hybridized carbons (Fsp3) is 0.500. The van der Waals surface area contributed by atoms with Gasteiger partial charge in [0.1, 0.15) is 0 Å². The quantitative estimate of drug-likeness (QED) is 0.428. The average molecular weight is 262 g/mol. The molecule has 0 spiro atoms. The summed E-state index contributed by atoms with van der Waals surface area (Å²) in [5.41, 5.74) is 1.86. The minimum absolute atomic E-state index is 0.0164. The summed E-state index contributed by atoms with van der Waals surface area (Å²) in [6, 6.07) is 2.12. The molecule has 0 aromatic carbocycles. The first kappa shape index (κ1) is 15.0. The van der Waals surface area contributed by atoms with E-state index in [0.29, 0.717) is 37.1 Å². The van der Waals surface area contributed by atoms with Gasteiger partial charge in [0.15, 0.2) is 0 Å². The molecule has 19 heavy (non-hydrogen) atoms. The van der Waals surface area contributed by atoms with Crippen LogP contribution in [0.4, 0.5) is 0 Å². The van der Waals surface area contributed by atoms with Crippen molar-refractivity contribution in [3.05, 3.63) is 23.3 Å². The highest BCUT2D eigenvalue weighted by atomic mass is 16.5. The van der Waals surface area contributed by atoms with Crippen LogP contribution < -0.4 is 0 Å². The maximum atomic E-state index is 11.8. The van der Waals surface area contributed by atoms with E-state index in [2.05, 4.69) is 12.6 Å². The molecule has 1 rings (SSSR count).